The average Bonchev–Trinajstić information content (AvgIpc) is 2.53. The Balaban J connectivity index is 2.18. The van der Waals surface area contributed by atoms with Crippen LogP contribution in [-0.2, 0) is 22.4 Å². The Morgan fingerprint density at radius 3 is 1.89 bits per heavy atom. The second kappa shape index (κ2) is 7.10. The molecule has 146 valence electrons. The number of urea groups is 1. The van der Waals surface area contributed by atoms with Crippen molar-refractivity contribution in [3.8, 4) is 0 Å². The first-order chi connectivity index (χ1) is 12.3. The summed E-state index contributed by atoms with van der Waals surface area (Å²) in [4.78, 5) is 10.9. The van der Waals surface area contributed by atoms with E-state index in [0.717, 1.165) is 30.3 Å². The smallest absolute Gasteiger partial charge is 0.307 e. The van der Waals surface area contributed by atoms with Crippen LogP contribution in [0.5, 0.6) is 0 Å². The van der Waals surface area contributed by atoms with E-state index < -0.39 is 44.4 Å². The molecule has 0 radical (unpaired) electrons. The molecule has 2 aromatic carbocycles. The van der Waals surface area contributed by atoms with Crippen LogP contribution in [0.3, 0.4) is 0 Å². The van der Waals surface area contributed by atoms with Gasteiger partial charge in [0.2, 0.25) is 0 Å². The quantitative estimate of drug-likeness (QED) is 0.741. The van der Waals surface area contributed by atoms with Crippen LogP contribution in [0.25, 0.3) is 0 Å². The van der Waals surface area contributed by atoms with Gasteiger partial charge in [0.25, 0.3) is 10.0 Å². The minimum absolute atomic E-state index is 0.319. The number of hydrogen-bond donors (Lipinski definition) is 2. The lowest BCUT2D eigenvalue weighted by Crippen LogP contribution is -2.34. The number of nitrogens with one attached hydrogen (secondary N) is 2. The average molecular weight is 412 g/mol. The Morgan fingerprint density at radius 1 is 0.815 bits per heavy atom. The second-order valence-electron chi connectivity index (χ2n) is 5.16. The third-order valence-electron chi connectivity index (χ3n) is 3.15. The van der Waals surface area contributed by atoms with Crippen molar-refractivity contribution in [1.29, 1.82) is 0 Å². The SMILES string of the molecule is O=C(Nc1cccc(C(F)(F)F)c1)NS(=O)(=O)c1cccc(C(F)(F)F)c1. The number of carbonyl (C=O) groups excluding carboxylic acids is 1. The molecule has 0 aliphatic heterocycles. The Bertz CT molecular complexity index is 955. The molecule has 0 aliphatic carbocycles. The highest BCUT2D eigenvalue weighted by Crippen LogP contribution is 2.31. The number of carbonyl (C=O) groups is 1. The lowest BCUT2D eigenvalue weighted by Gasteiger charge is -2.12. The molecule has 0 saturated heterocycles. The molecule has 0 atom stereocenters. The highest BCUT2D eigenvalue weighted by Gasteiger charge is 2.32. The van der Waals surface area contributed by atoms with Gasteiger partial charge in [-0.15, -0.1) is 0 Å². The van der Waals surface area contributed by atoms with Crippen molar-refractivity contribution in [1.82, 2.24) is 4.72 Å². The van der Waals surface area contributed by atoms with Gasteiger partial charge in [0.1, 0.15) is 0 Å². The molecule has 0 bridgehead atoms. The minimum atomic E-state index is -4.80. The molecule has 0 aromatic heterocycles. The van der Waals surface area contributed by atoms with Crippen molar-refractivity contribution in [3.63, 3.8) is 0 Å². The topological polar surface area (TPSA) is 75.3 Å². The largest absolute Gasteiger partial charge is 0.416 e. The summed E-state index contributed by atoms with van der Waals surface area (Å²) in [7, 11) is -4.69. The zero-order chi connectivity index (χ0) is 20.5. The van der Waals surface area contributed by atoms with Crippen LogP contribution >= 0.6 is 0 Å². The second-order valence-corrected chi connectivity index (χ2v) is 6.85. The molecule has 5 nitrogen and oxygen atoms in total. The van der Waals surface area contributed by atoms with Gasteiger partial charge in [-0.05, 0) is 36.4 Å². The van der Waals surface area contributed by atoms with Gasteiger partial charge in [-0.25, -0.2) is 17.9 Å². The molecule has 0 fully saturated rings. The first-order valence-electron chi connectivity index (χ1n) is 6.97. The van der Waals surface area contributed by atoms with E-state index in [1.165, 1.54) is 4.72 Å². The van der Waals surface area contributed by atoms with Crippen LogP contribution in [-0.4, -0.2) is 14.4 Å². The van der Waals surface area contributed by atoms with Gasteiger partial charge in [-0.2, -0.15) is 26.3 Å². The van der Waals surface area contributed by atoms with Crippen LogP contribution in [0, 0.1) is 0 Å². The summed E-state index contributed by atoms with van der Waals surface area (Å²) in [6.07, 6.45) is -9.48. The van der Waals surface area contributed by atoms with Crippen molar-refractivity contribution in [2.45, 2.75) is 17.2 Å². The molecule has 0 unspecified atom stereocenters. The van der Waals surface area contributed by atoms with Crippen molar-refractivity contribution < 1.29 is 39.6 Å². The summed E-state index contributed by atoms with van der Waals surface area (Å²) >= 11 is 0. The maximum atomic E-state index is 12.7. The maximum absolute atomic E-state index is 12.7. The van der Waals surface area contributed by atoms with E-state index in [9.17, 15) is 39.6 Å². The zero-order valence-corrected chi connectivity index (χ0v) is 13.8. The molecule has 2 aromatic rings. The highest BCUT2D eigenvalue weighted by atomic mass is 32.2. The number of anilines is 1. The van der Waals surface area contributed by atoms with Gasteiger partial charge in [-0.3, -0.25) is 0 Å². The van der Waals surface area contributed by atoms with Gasteiger partial charge in [0.15, 0.2) is 0 Å². The lowest BCUT2D eigenvalue weighted by molar-refractivity contribution is -0.138. The Labute approximate surface area is 149 Å². The molecular formula is C15H10F6N2O3S. The van der Waals surface area contributed by atoms with E-state index in [0.29, 0.717) is 18.2 Å². The molecular weight excluding hydrogens is 402 g/mol. The number of rotatable bonds is 3. The third-order valence-corrected chi connectivity index (χ3v) is 4.48. The minimum Gasteiger partial charge on any atom is -0.307 e. The molecule has 2 N–H and O–H groups in total. The number of benzene rings is 2. The van der Waals surface area contributed by atoms with Gasteiger partial charge in [0, 0.05) is 5.69 Å². The summed E-state index contributed by atoms with van der Waals surface area (Å²) in [5, 5.41) is 1.87. The zero-order valence-electron chi connectivity index (χ0n) is 13.0. The van der Waals surface area contributed by atoms with E-state index in [-0.39, 0.29) is 5.69 Å². The van der Waals surface area contributed by atoms with Crippen molar-refractivity contribution in [2.75, 3.05) is 5.32 Å². The molecule has 27 heavy (non-hydrogen) atoms. The summed E-state index contributed by atoms with van der Waals surface area (Å²) in [6.45, 7) is 0. The lowest BCUT2D eigenvalue weighted by atomic mass is 10.2. The van der Waals surface area contributed by atoms with Gasteiger partial charge in [0.05, 0.1) is 16.0 Å². The van der Waals surface area contributed by atoms with E-state index in [1.54, 1.807) is 0 Å². The Kier molecular flexibility index (Phi) is 5.40. The fourth-order valence-corrected chi connectivity index (χ4v) is 2.90. The predicted octanol–water partition coefficient (Wildman–Crippen LogP) is 4.23. The standard InChI is InChI=1S/C15H10F6N2O3S/c16-14(17,18)9-3-1-5-11(7-9)22-13(24)23-27(25,26)12-6-2-4-10(8-12)15(19,20)21/h1-8H,(H2,22,23,24). The molecule has 0 aliphatic rings. The monoisotopic (exact) mass is 412 g/mol. The predicted molar refractivity (Wildman–Crippen MR) is 82.2 cm³/mol. The summed E-state index contributed by atoms with van der Waals surface area (Å²) in [6, 6.07) is 4.55. The molecule has 0 saturated carbocycles. The fraction of sp³-hybridized carbons (Fsp3) is 0.133. The first kappa shape index (κ1) is 20.6. The highest BCUT2D eigenvalue weighted by molar-refractivity contribution is 7.90. The molecule has 0 heterocycles. The molecule has 12 heteroatoms. The van der Waals surface area contributed by atoms with Gasteiger partial charge < -0.3 is 5.32 Å². The summed E-state index contributed by atoms with van der Waals surface area (Å²) in [5.74, 6) is 0. The Hall–Kier alpha value is -2.76. The van der Waals surface area contributed by atoms with Crippen LogP contribution < -0.4 is 10.0 Å². The number of halogens is 6. The van der Waals surface area contributed by atoms with Crippen LogP contribution in [0.15, 0.2) is 53.4 Å². The van der Waals surface area contributed by atoms with E-state index >= 15 is 0 Å². The van der Waals surface area contributed by atoms with Crippen molar-refractivity contribution >= 4 is 21.7 Å². The third kappa shape index (κ3) is 5.36. The molecule has 2 rings (SSSR count). The molecule has 0 spiro atoms. The first-order valence-corrected chi connectivity index (χ1v) is 8.46. The van der Waals surface area contributed by atoms with Gasteiger partial charge in [-0.1, -0.05) is 12.1 Å². The number of alkyl halides is 6. The van der Waals surface area contributed by atoms with E-state index in [4.69, 9.17) is 0 Å². The maximum Gasteiger partial charge on any atom is 0.416 e. The van der Waals surface area contributed by atoms with Gasteiger partial charge >= 0.3 is 18.4 Å². The summed E-state index contributed by atoms with van der Waals surface area (Å²) in [5.41, 5.74) is -2.69. The van der Waals surface area contributed by atoms with E-state index in [1.807, 2.05) is 5.32 Å². The summed E-state index contributed by atoms with van der Waals surface area (Å²) < 4.78 is 101. The number of amides is 2. The molecule has 2 amide bonds. The van der Waals surface area contributed by atoms with Crippen LogP contribution in [0.1, 0.15) is 11.1 Å². The van der Waals surface area contributed by atoms with Crippen molar-refractivity contribution in [2.24, 2.45) is 0 Å². The van der Waals surface area contributed by atoms with E-state index in [2.05, 4.69) is 0 Å². The van der Waals surface area contributed by atoms with Crippen molar-refractivity contribution in [3.05, 3.63) is 59.7 Å². The van der Waals surface area contributed by atoms with Crippen LogP contribution in [0.2, 0.25) is 0 Å². The Morgan fingerprint density at radius 2 is 1.33 bits per heavy atom. The number of hydrogen-bond acceptors (Lipinski definition) is 3. The normalized spacial score (nSPS) is 12.5. The van der Waals surface area contributed by atoms with Crippen LogP contribution in [0.4, 0.5) is 36.8 Å². The number of sulfonamides is 1. The fourth-order valence-electron chi connectivity index (χ4n) is 1.95.